The van der Waals surface area contributed by atoms with Crippen LogP contribution in [0.5, 0.6) is 0 Å². The monoisotopic (exact) mass is 179 g/mol. The van der Waals surface area contributed by atoms with Gasteiger partial charge in [0.15, 0.2) is 0 Å². The zero-order valence-electron chi connectivity index (χ0n) is 7.95. The van der Waals surface area contributed by atoms with Crippen LogP contribution in [0.3, 0.4) is 0 Å². The van der Waals surface area contributed by atoms with E-state index in [2.05, 4.69) is 10.2 Å². The summed E-state index contributed by atoms with van der Waals surface area (Å²) < 4.78 is 0. The van der Waals surface area contributed by atoms with Gasteiger partial charge < -0.3 is 5.73 Å². The van der Waals surface area contributed by atoms with Crippen molar-refractivity contribution >= 4 is 12.1 Å². The van der Waals surface area contributed by atoms with Crippen LogP contribution < -0.4 is 5.73 Å². The van der Waals surface area contributed by atoms with Gasteiger partial charge >= 0.3 is 0 Å². The van der Waals surface area contributed by atoms with Gasteiger partial charge in [0.1, 0.15) is 5.84 Å². The van der Waals surface area contributed by atoms with Gasteiger partial charge in [-0.15, -0.1) is 5.10 Å². The maximum absolute atomic E-state index is 5.85. The SMILES string of the molecule is NC1=NN=CC2CCCCCCC12. The van der Waals surface area contributed by atoms with Crippen molar-refractivity contribution in [2.45, 2.75) is 38.5 Å². The van der Waals surface area contributed by atoms with E-state index in [0.29, 0.717) is 11.8 Å². The summed E-state index contributed by atoms with van der Waals surface area (Å²) in [7, 11) is 0. The van der Waals surface area contributed by atoms with Gasteiger partial charge in [-0.05, 0) is 12.8 Å². The molecule has 0 aromatic rings. The Morgan fingerprint density at radius 1 is 1.15 bits per heavy atom. The second-order valence-electron chi connectivity index (χ2n) is 4.05. The van der Waals surface area contributed by atoms with Crippen LogP contribution in [0.25, 0.3) is 0 Å². The summed E-state index contributed by atoms with van der Waals surface area (Å²) >= 11 is 0. The molecule has 1 saturated carbocycles. The van der Waals surface area contributed by atoms with Crippen LogP contribution >= 0.6 is 0 Å². The first-order valence-corrected chi connectivity index (χ1v) is 5.24. The Morgan fingerprint density at radius 2 is 1.92 bits per heavy atom. The van der Waals surface area contributed by atoms with Crippen molar-refractivity contribution in [2.24, 2.45) is 27.8 Å². The molecule has 0 saturated heterocycles. The lowest BCUT2D eigenvalue weighted by Gasteiger charge is -2.27. The average molecular weight is 179 g/mol. The van der Waals surface area contributed by atoms with E-state index in [1.54, 1.807) is 0 Å². The fourth-order valence-electron chi connectivity index (χ4n) is 2.32. The molecule has 0 radical (unpaired) electrons. The predicted octanol–water partition coefficient (Wildman–Crippen LogP) is 1.93. The summed E-state index contributed by atoms with van der Waals surface area (Å²) in [5.41, 5.74) is 5.85. The van der Waals surface area contributed by atoms with Gasteiger partial charge in [-0.25, -0.2) is 0 Å². The molecule has 1 fully saturated rings. The highest BCUT2D eigenvalue weighted by molar-refractivity contribution is 5.88. The number of fused-ring (bicyclic) bond motifs is 1. The van der Waals surface area contributed by atoms with Crippen molar-refractivity contribution in [3.05, 3.63) is 0 Å². The fourth-order valence-corrected chi connectivity index (χ4v) is 2.32. The summed E-state index contributed by atoms with van der Waals surface area (Å²) in [4.78, 5) is 0. The largest absolute Gasteiger partial charge is 0.385 e. The molecule has 1 heterocycles. The summed E-state index contributed by atoms with van der Waals surface area (Å²) in [5.74, 6) is 1.81. The van der Waals surface area contributed by atoms with E-state index < -0.39 is 0 Å². The molecule has 3 heteroatoms. The molecule has 0 amide bonds. The Labute approximate surface area is 79.1 Å². The van der Waals surface area contributed by atoms with Crippen LogP contribution in [0, 0.1) is 11.8 Å². The lowest BCUT2D eigenvalue weighted by atomic mass is 9.81. The standard InChI is InChI=1S/C10H17N3/c11-10-9-6-4-2-1-3-5-8(9)7-12-13-10/h7-9H,1-6H2,(H2,11,13). The molecule has 0 bridgehead atoms. The molecular formula is C10H17N3. The Kier molecular flexibility index (Phi) is 2.62. The molecule has 0 aromatic carbocycles. The maximum atomic E-state index is 5.85. The Hall–Kier alpha value is -0.860. The predicted molar refractivity (Wildman–Crippen MR) is 54.8 cm³/mol. The van der Waals surface area contributed by atoms with E-state index in [1.807, 2.05) is 6.21 Å². The molecular weight excluding hydrogens is 162 g/mol. The van der Waals surface area contributed by atoms with E-state index in [9.17, 15) is 0 Å². The minimum absolute atomic E-state index is 0.484. The normalized spacial score (nSPS) is 34.3. The smallest absolute Gasteiger partial charge is 0.126 e. The average Bonchev–Trinajstić information content (AvgIpc) is 2.07. The first-order valence-electron chi connectivity index (χ1n) is 5.24. The summed E-state index contributed by atoms with van der Waals surface area (Å²) in [5, 5.41) is 7.90. The second kappa shape index (κ2) is 3.90. The van der Waals surface area contributed by atoms with E-state index in [1.165, 1.54) is 38.5 Å². The molecule has 2 N–H and O–H groups in total. The lowest BCUT2D eigenvalue weighted by molar-refractivity contribution is 0.394. The molecule has 72 valence electrons. The summed E-state index contributed by atoms with van der Waals surface area (Å²) in [6.07, 6.45) is 9.77. The minimum atomic E-state index is 0.484. The number of amidine groups is 1. The highest BCUT2D eigenvalue weighted by atomic mass is 15.2. The van der Waals surface area contributed by atoms with Gasteiger partial charge in [0.25, 0.3) is 0 Å². The van der Waals surface area contributed by atoms with E-state index >= 15 is 0 Å². The van der Waals surface area contributed by atoms with Gasteiger partial charge in [0.05, 0.1) is 0 Å². The third-order valence-corrected chi connectivity index (χ3v) is 3.13. The van der Waals surface area contributed by atoms with Gasteiger partial charge in [-0.2, -0.15) is 5.10 Å². The van der Waals surface area contributed by atoms with Crippen LogP contribution in [-0.4, -0.2) is 12.1 Å². The zero-order chi connectivity index (χ0) is 9.10. The Bertz CT molecular complexity index is 232. The van der Waals surface area contributed by atoms with Gasteiger partial charge in [0, 0.05) is 18.1 Å². The third-order valence-electron chi connectivity index (χ3n) is 3.13. The number of hydrogen-bond acceptors (Lipinski definition) is 3. The third kappa shape index (κ3) is 1.90. The molecule has 2 aliphatic rings. The number of nitrogens with zero attached hydrogens (tertiary/aromatic N) is 2. The maximum Gasteiger partial charge on any atom is 0.126 e. The van der Waals surface area contributed by atoms with Gasteiger partial charge in [-0.1, -0.05) is 25.7 Å². The molecule has 1 aliphatic carbocycles. The number of hydrogen-bond donors (Lipinski definition) is 1. The van der Waals surface area contributed by atoms with Crippen LogP contribution in [0.15, 0.2) is 10.2 Å². The Morgan fingerprint density at radius 3 is 2.77 bits per heavy atom. The first kappa shape index (κ1) is 8.73. The number of rotatable bonds is 0. The quantitative estimate of drug-likeness (QED) is 0.607. The van der Waals surface area contributed by atoms with E-state index in [-0.39, 0.29) is 0 Å². The van der Waals surface area contributed by atoms with Crippen molar-refractivity contribution < 1.29 is 0 Å². The molecule has 2 unspecified atom stereocenters. The van der Waals surface area contributed by atoms with Crippen molar-refractivity contribution in [3.63, 3.8) is 0 Å². The molecule has 1 aliphatic heterocycles. The van der Waals surface area contributed by atoms with E-state index in [4.69, 9.17) is 5.73 Å². The highest BCUT2D eigenvalue weighted by Crippen LogP contribution is 2.28. The van der Waals surface area contributed by atoms with Crippen LogP contribution in [0.4, 0.5) is 0 Å². The summed E-state index contributed by atoms with van der Waals surface area (Å²) in [6, 6.07) is 0. The van der Waals surface area contributed by atoms with Crippen molar-refractivity contribution in [1.82, 2.24) is 0 Å². The van der Waals surface area contributed by atoms with Crippen molar-refractivity contribution in [1.29, 1.82) is 0 Å². The Balaban J connectivity index is 2.08. The molecule has 2 rings (SSSR count). The van der Waals surface area contributed by atoms with Crippen LogP contribution in [0.1, 0.15) is 38.5 Å². The van der Waals surface area contributed by atoms with Crippen LogP contribution in [-0.2, 0) is 0 Å². The zero-order valence-corrected chi connectivity index (χ0v) is 7.95. The summed E-state index contributed by atoms with van der Waals surface area (Å²) in [6.45, 7) is 0. The lowest BCUT2D eigenvalue weighted by Crippen LogP contribution is -2.33. The fraction of sp³-hybridized carbons (Fsp3) is 0.800. The molecule has 2 atom stereocenters. The van der Waals surface area contributed by atoms with E-state index in [0.717, 1.165) is 5.84 Å². The topological polar surface area (TPSA) is 50.7 Å². The molecule has 0 aromatic heterocycles. The minimum Gasteiger partial charge on any atom is -0.385 e. The second-order valence-corrected chi connectivity index (χ2v) is 4.05. The first-order chi connectivity index (χ1) is 6.38. The van der Waals surface area contributed by atoms with Gasteiger partial charge in [0.2, 0.25) is 0 Å². The van der Waals surface area contributed by atoms with Crippen LogP contribution in [0.2, 0.25) is 0 Å². The van der Waals surface area contributed by atoms with Gasteiger partial charge in [-0.3, -0.25) is 0 Å². The van der Waals surface area contributed by atoms with Crippen molar-refractivity contribution in [2.75, 3.05) is 0 Å². The molecule has 0 spiro atoms. The number of nitrogens with two attached hydrogens (primary N) is 1. The van der Waals surface area contributed by atoms with Crippen molar-refractivity contribution in [3.8, 4) is 0 Å². The molecule has 3 nitrogen and oxygen atoms in total. The highest BCUT2D eigenvalue weighted by Gasteiger charge is 2.26. The molecule has 13 heavy (non-hydrogen) atoms.